The van der Waals surface area contributed by atoms with E-state index in [2.05, 4.69) is 63.4 Å². The van der Waals surface area contributed by atoms with Crippen molar-refractivity contribution in [3.8, 4) is 0 Å². The fourth-order valence-corrected chi connectivity index (χ4v) is 2.49. The minimum absolute atomic E-state index is 0.00324. The maximum atomic E-state index is 5.55. The van der Waals surface area contributed by atoms with Crippen LogP contribution >= 0.6 is 0 Å². The SMILES string of the molecule is CCCC1=CN(C(C)(C)CC(C)(C)OC)NN1C. The molecule has 0 fully saturated rings. The molecule has 4 heteroatoms. The molecular weight excluding hydrogens is 226 g/mol. The summed E-state index contributed by atoms with van der Waals surface area (Å²) in [5, 5.41) is 4.30. The molecule has 0 aromatic carbocycles. The van der Waals surface area contributed by atoms with Crippen LogP contribution in [0, 0.1) is 0 Å². The molecule has 0 amide bonds. The van der Waals surface area contributed by atoms with Gasteiger partial charge < -0.3 is 4.74 Å². The molecule has 1 heterocycles. The predicted octanol–water partition coefficient (Wildman–Crippen LogP) is 2.89. The Morgan fingerprint density at radius 2 is 1.89 bits per heavy atom. The third-order valence-electron chi connectivity index (χ3n) is 3.54. The largest absolute Gasteiger partial charge is 0.379 e. The van der Waals surface area contributed by atoms with Crippen LogP contribution in [0.3, 0.4) is 0 Å². The Bertz CT molecular complexity index is 310. The fourth-order valence-electron chi connectivity index (χ4n) is 2.49. The Morgan fingerprint density at radius 3 is 2.39 bits per heavy atom. The van der Waals surface area contributed by atoms with Crippen molar-refractivity contribution < 1.29 is 4.74 Å². The molecule has 1 aliphatic heterocycles. The standard InChI is InChI=1S/C14H29N3O/c1-8-9-12-10-17(15-16(12)6)13(2,3)11-14(4,5)18-7/h10,15H,8-9,11H2,1-7H3. The molecule has 0 aliphatic carbocycles. The van der Waals surface area contributed by atoms with Crippen molar-refractivity contribution in [2.45, 2.75) is 65.0 Å². The van der Waals surface area contributed by atoms with Gasteiger partial charge >= 0.3 is 0 Å². The Hall–Kier alpha value is -0.740. The van der Waals surface area contributed by atoms with Gasteiger partial charge in [0.05, 0.1) is 11.1 Å². The number of methoxy groups -OCH3 is 1. The topological polar surface area (TPSA) is 27.7 Å². The first-order valence-electron chi connectivity index (χ1n) is 6.77. The van der Waals surface area contributed by atoms with E-state index in [0.717, 1.165) is 19.3 Å². The summed E-state index contributed by atoms with van der Waals surface area (Å²) in [7, 11) is 3.84. The highest BCUT2D eigenvalue weighted by molar-refractivity contribution is 5.06. The van der Waals surface area contributed by atoms with Crippen LogP contribution < -0.4 is 5.53 Å². The molecule has 0 aromatic rings. The molecule has 0 atom stereocenters. The van der Waals surface area contributed by atoms with Gasteiger partial charge in [-0.3, -0.25) is 10.0 Å². The lowest BCUT2D eigenvalue weighted by molar-refractivity contribution is -0.0408. The molecule has 0 unspecified atom stereocenters. The molecule has 0 saturated heterocycles. The summed E-state index contributed by atoms with van der Waals surface area (Å²) in [5.74, 6) is 0. The molecule has 106 valence electrons. The van der Waals surface area contributed by atoms with Gasteiger partial charge in [0.1, 0.15) is 0 Å². The zero-order valence-corrected chi connectivity index (χ0v) is 13.0. The molecular formula is C14H29N3O. The Morgan fingerprint density at radius 1 is 1.28 bits per heavy atom. The molecule has 1 rings (SSSR count). The average Bonchev–Trinajstić information content (AvgIpc) is 2.61. The van der Waals surface area contributed by atoms with Gasteiger partial charge in [-0.15, -0.1) is 5.53 Å². The molecule has 0 radical (unpaired) electrons. The van der Waals surface area contributed by atoms with E-state index in [4.69, 9.17) is 4.74 Å². The van der Waals surface area contributed by atoms with Crippen LogP contribution in [0.15, 0.2) is 11.9 Å². The van der Waals surface area contributed by atoms with Crippen LogP contribution in [0.25, 0.3) is 0 Å². The molecule has 18 heavy (non-hydrogen) atoms. The van der Waals surface area contributed by atoms with Crippen molar-refractivity contribution in [2.24, 2.45) is 0 Å². The van der Waals surface area contributed by atoms with E-state index in [-0.39, 0.29) is 11.1 Å². The van der Waals surface area contributed by atoms with Gasteiger partial charge in [-0.1, -0.05) is 13.3 Å². The normalized spacial score (nSPS) is 17.4. The average molecular weight is 255 g/mol. The Kier molecular flexibility index (Phi) is 4.67. The van der Waals surface area contributed by atoms with Crippen LogP contribution in [0.4, 0.5) is 0 Å². The first-order valence-corrected chi connectivity index (χ1v) is 6.77. The quantitative estimate of drug-likeness (QED) is 0.790. The Balaban J connectivity index is 2.75. The highest BCUT2D eigenvalue weighted by atomic mass is 16.5. The highest BCUT2D eigenvalue weighted by Gasteiger charge is 2.35. The van der Waals surface area contributed by atoms with Crippen LogP contribution in [0.5, 0.6) is 0 Å². The number of ether oxygens (including phenoxy) is 1. The predicted molar refractivity (Wildman–Crippen MR) is 75.5 cm³/mol. The second kappa shape index (κ2) is 5.49. The van der Waals surface area contributed by atoms with E-state index in [9.17, 15) is 0 Å². The summed E-state index contributed by atoms with van der Waals surface area (Å²) in [6, 6.07) is 0. The molecule has 4 nitrogen and oxygen atoms in total. The summed E-state index contributed by atoms with van der Waals surface area (Å²) in [6.45, 7) is 10.9. The van der Waals surface area contributed by atoms with Crippen molar-refractivity contribution >= 4 is 0 Å². The highest BCUT2D eigenvalue weighted by Crippen LogP contribution is 2.30. The second-order valence-electron chi connectivity index (χ2n) is 6.35. The van der Waals surface area contributed by atoms with Gasteiger partial charge in [0.15, 0.2) is 0 Å². The van der Waals surface area contributed by atoms with Gasteiger partial charge in [-0.2, -0.15) is 0 Å². The van der Waals surface area contributed by atoms with Gasteiger partial charge in [-0.05, 0) is 34.1 Å². The van der Waals surface area contributed by atoms with E-state index < -0.39 is 0 Å². The third-order valence-corrected chi connectivity index (χ3v) is 3.54. The zero-order chi connectivity index (χ0) is 14.0. The zero-order valence-electron chi connectivity index (χ0n) is 13.0. The monoisotopic (exact) mass is 255 g/mol. The second-order valence-corrected chi connectivity index (χ2v) is 6.35. The minimum atomic E-state index is -0.120. The van der Waals surface area contributed by atoms with E-state index in [1.807, 2.05) is 0 Å². The molecule has 0 saturated carbocycles. The van der Waals surface area contributed by atoms with Crippen LogP contribution in [-0.2, 0) is 4.74 Å². The third kappa shape index (κ3) is 3.62. The first-order chi connectivity index (χ1) is 8.22. The summed E-state index contributed by atoms with van der Waals surface area (Å²) < 4.78 is 5.55. The summed E-state index contributed by atoms with van der Waals surface area (Å²) in [5.41, 5.74) is 4.61. The fraction of sp³-hybridized carbons (Fsp3) is 0.857. The molecule has 0 bridgehead atoms. The number of hydrogen-bond acceptors (Lipinski definition) is 4. The Labute approximate surface area is 112 Å². The van der Waals surface area contributed by atoms with E-state index in [1.54, 1.807) is 7.11 Å². The molecule has 1 aliphatic rings. The summed E-state index contributed by atoms with van der Waals surface area (Å²) in [4.78, 5) is 0. The van der Waals surface area contributed by atoms with Gasteiger partial charge in [0.2, 0.25) is 0 Å². The van der Waals surface area contributed by atoms with Gasteiger partial charge in [0, 0.05) is 32.5 Å². The molecule has 0 spiro atoms. The number of rotatable bonds is 6. The van der Waals surface area contributed by atoms with E-state index in [0.29, 0.717) is 0 Å². The van der Waals surface area contributed by atoms with Crippen molar-refractivity contribution in [1.29, 1.82) is 0 Å². The lowest BCUT2D eigenvalue weighted by Crippen LogP contribution is -2.52. The number of hydrazine groups is 2. The number of allylic oxidation sites excluding steroid dienone is 1. The number of nitrogens with zero attached hydrogens (tertiary/aromatic N) is 2. The molecule has 0 aromatic heterocycles. The van der Waals surface area contributed by atoms with Crippen molar-refractivity contribution in [2.75, 3.05) is 14.2 Å². The van der Waals surface area contributed by atoms with E-state index in [1.165, 1.54) is 5.70 Å². The van der Waals surface area contributed by atoms with Gasteiger partial charge in [0.25, 0.3) is 0 Å². The van der Waals surface area contributed by atoms with E-state index >= 15 is 0 Å². The first kappa shape index (κ1) is 15.3. The van der Waals surface area contributed by atoms with Crippen LogP contribution in [-0.4, -0.2) is 35.3 Å². The number of hydrogen-bond donors (Lipinski definition) is 1. The van der Waals surface area contributed by atoms with Crippen molar-refractivity contribution in [3.05, 3.63) is 11.9 Å². The maximum absolute atomic E-state index is 5.55. The smallest absolute Gasteiger partial charge is 0.0645 e. The summed E-state index contributed by atoms with van der Waals surface area (Å²) in [6.07, 6.45) is 5.43. The van der Waals surface area contributed by atoms with Crippen LogP contribution in [0.2, 0.25) is 0 Å². The lowest BCUT2D eigenvalue weighted by Gasteiger charge is -2.40. The number of nitrogens with one attached hydrogen (secondary N) is 1. The molecule has 1 N–H and O–H groups in total. The minimum Gasteiger partial charge on any atom is -0.379 e. The van der Waals surface area contributed by atoms with Crippen molar-refractivity contribution in [1.82, 2.24) is 15.6 Å². The summed E-state index contributed by atoms with van der Waals surface area (Å²) >= 11 is 0. The maximum Gasteiger partial charge on any atom is 0.0645 e. The lowest BCUT2D eigenvalue weighted by atomic mass is 9.89. The van der Waals surface area contributed by atoms with Crippen molar-refractivity contribution in [3.63, 3.8) is 0 Å². The van der Waals surface area contributed by atoms with Gasteiger partial charge in [-0.25, -0.2) is 0 Å². The van der Waals surface area contributed by atoms with Crippen LogP contribution in [0.1, 0.15) is 53.9 Å².